The second kappa shape index (κ2) is 14.9. The van der Waals surface area contributed by atoms with Crippen molar-refractivity contribution in [3.8, 4) is 0 Å². The third-order valence-electron chi connectivity index (χ3n) is 6.38. The first-order chi connectivity index (χ1) is 13.6. The molecule has 1 aliphatic carbocycles. The Morgan fingerprint density at radius 3 is 1.46 bits per heavy atom. The lowest BCUT2D eigenvalue weighted by Crippen LogP contribution is -2.36. The van der Waals surface area contributed by atoms with Crippen LogP contribution in [-0.4, -0.2) is 25.2 Å². The van der Waals surface area contributed by atoms with Gasteiger partial charge in [-0.15, -0.1) is 0 Å². The van der Waals surface area contributed by atoms with Gasteiger partial charge in [0.2, 0.25) is 0 Å². The van der Waals surface area contributed by atoms with Crippen molar-refractivity contribution in [2.45, 2.75) is 105 Å². The van der Waals surface area contributed by atoms with Gasteiger partial charge in [0.05, 0.1) is 25.0 Å². The van der Waals surface area contributed by atoms with E-state index in [1.807, 2.05) is 0 Å². The van der Waals surface area contributed by atoms with E-state index in [0.717, 1.165) is 64.2 Å². The summed E-state index contributed by atoms with van der Waals surface area (Å²) in [5.74, 6) is -0.144. The van der Waals surface area contributed by atoms with Crippen LogP contribution in [-0.2, 0) is 19.1 Å². The van der Waals surface area contributed by atoms with Gasteiger partial charge in [-0.1, -0.05) is 79.1 Å². The number of rotatable bonds is 14. The molecule has 0 N–H and O–H groups in total. The lowest BCUT2D eigenvalue weighted by molar-refractivity contribution is -0.164. The van der Waals surface area contributed by atoms with Gasteiger partial charge in [0, 0.05) is 0 Å². The molecule has 4 heteroatoms. The summed E-state index contributed by atoms with van der Waals surface area (Å²) in [6.07, 6.45) is 12.4. The lowest BCUT2D eigenvalue weighted by atomic mass is 9.79. The molecular formula is C24H44O4. The van der Waals surface area contributed by atoms with Crippen molar-refractivity contribution in [2.75, 3.05) is 13.2 Å². The third kappa shape index (κ3) is 8.96. The summed E-state index contributed by atoms with van der Waals surface area (Å²) in [5, 5.41) is 0. The van der Waals surface area contributed by atoms with Crippen LogP contribution in [0.25, 0.3) is 0 Å². The molecule has 1 fully saturated rings. The van der Waals surface area contributed by atoms with Crippen LogP contribution < -0.4 is 0 Å². The number of carbonyl (C=O) groups is 2. The summed E-state index contributed by atoms with van der Waals surface area (Å²) in [7, 11) is 0. The Kier molecular flexibility index (Phi) is 13.3. The smallest absolute Gasteiger partial charge is 0.309 e. The zero-order valence-electron chi connectivity index (χ0n) is 18.8. The Morgan fingerprint density at radius 1 is 0.750 bits per heavy atom. The lowest BCUT2D eigenvalue weighted by Gasteiger charge is -2.29. The standard InChI is InChI=1S/C24H44O4/c1-5-9-13-19(7-3)17-27-23(25)21-15-11-12-16-22(21)24(26)28-18-20(8-4)14-10-6-2/h19-22H,5-18H2,1-4H3/t19-,20+,21+,22-. The quantitative estimate of drug-likeness (QED) is 0.323. The average molecular weight is 397 g/mol. The van der Waals surface area contributed by atoms with Gasteiger partial charge < -0.3 is 9.47 Å². The van der Waals surface area contributed by atoms with Gasteiger partial charge in [0.15, 0.2) is 0 Å². The van der Waals surface area contributed by atoms with Crippen LogP contribution in [0.2, 0.25) is 0 Å². The van der Waals surface area contributed by atoms with Crippen LogP contribution in [0.5, 0.6) is 0 Å². The van der Waals surface area contributed by atoms with Crippen LogP contribution in [0, 0.1) is 23.7 Å². The average Bonchev–Trinajstić information content (AvgIpc) is 2.73. The second-order valence-corrected chi connectivity index (χ2v) is 8.59. The minimum atomic E-state index is -0.319. The topological polar surface area (TPSA) is 52.6 Å². The normalized spacial score (nSPS) is 21.7. The summed E-state index contributed by atoms with van der Waals surface area (Å²) >= 11 is 0. The monoisotopic (exact) mass is 396 g/mol. The molecule has 1 rings (SSSR count). The molecule has 1 aliphatic rings. The zero-order valence-corrected chi connectivity index (χ0v) is 18.8. The van der Waals surface area contributed by atoms with Crippen molar-refractivity contribution in [2.24, 2.45) is 23.7 Å². The fraction of sp³-hybridized carbons (Fsp3) is 0.917. The van der Waals surface area contributed by atoms with Crippen molar-refractivity contribution < 1.29 is 19.1 Å². The number of unbranched alkanes of at least 4 members (excludes halogenated alkanes) is 2. The molecule has 1 saturated carbocycles. The summed E-state index contributed by atoms with van der Waals surface area (Å²) in [6, 6.07) is 0. The molecule has 0 spiro atoms. The van der Waals surface area contributed by atoms with Gasteiger partial charge in [-0.3, -0.25) is 9.59 Å². The molecule has 0 unspecified atom stereocenters. The fourth-order valence-electron chi connectivity index (χ4n) is 4.11. The highest BCUT2D eigenvalue weighted by Crippen LogP contribution is 2.32. The van der Waals surface area contributed by atoms with E-state index >= 15 is 0 Å². The number of hydrogen-bond acceptors (Lipinski definition) is 4. The van der Waals surface area contributed by atoms with E-state index in [-0.39, 0.29) is 23.8 Å². The van der Waals surface area contributed by atoms with Gasteiger partial charge in [0.25, 0.3) is 0 Å². The first-order valence-corrected chi connectivity index (χ1v) is 11.9. The number of esters is 2. The molecule has 164 valence electrons. The molecule has 28 heavy (non-hydrogen) atoms. The third-order valence-corrected chi connectivity index (χ3v) is 6.38. The van der Waals surface area contributed by atoms with Gasteiger partial charge in [-0.2, -0.15) is 0 Å². The molecule has 4 nitrogen and oxygen atoms in total. The molecule has 0 saturated heterocycles. The predicted molar refractivity (Wildman–Crippen MR) is 114 cm³/mol. The highest BCUT2D eigenvalue weighted by Gasteiger charge is 2.38. The Bertz CT molecular complexity index is 394. The Balaban J connectivity index is 2.54. The largest absolute Gasteiger partial charge is 0.465 e. The highest BCUT2D eigenvalue weighted by molar-refractivity contribution is 5.82. The van der Waals surface area contributed by atoms with Crippen LogP contribution in [0.4, 0.5) is 0 Å². The molecule has 0 radical (unpaired) electrons. The molecule has 0 aromatic carbocycles. The molecule has 4 atom stereocenters. The highest BCUT2D eigenvalue weighted by atomic mass is 16.5. The fourth-order valence-corrected chi connectivity index (χ4v) is 4.11. The maximum atomic E-state index is 12.7. The molecule has 0 bridgehead atoms. The first-order valence-electron chi connectivity index (χ1n) is 11.9. The van der Waals surface area contributed by atoms with E-state index in [0.29, 0.717) is 25.0 Å². The SMILES string of the molecule is CCCC[C@@H](CC)COC(=O)[C@H]1CCCC[C@H]1C(=O)OC[C@@H](CC)CCCC. The van der Waals surface area contributed by atoms with E-state index in [9.17, 15) is 9.59 Å². The maximum Gasteiger partial charge on any atom is 0.309 e. The Morgan fingerprint density at radius 2 is 1.14 bits per heavy atom. The van der Waals surface area contributed by atoms with Crippen molar-refractivity contribution >= 4 is 11.9 Å². The van der Waals surface area contributed by atoms with E-state index in [1.54, 1.807) is 0 Å². The van der Waals surface area contributed by atoms with Crippen LogP contribution in [0.1, 0.15) is 105 Å². The molecule has 0 aliphatic heterocycles. The van der Waals surface area contributed by atoms with Gasteiger partial charge in [-0.25, -0.2) is 0 Å². The van der Waals surface area contributed by atoms with Crippen molar-refractivity contribution in [1.29, 1.82) is 0 Å². The Hall–Kier alpha value is -1.06. The molecule has 0 amide bonds. The van der Waals surface area contributed by atoms with Crippen LogP contribution in [0.3, 0.4) is 0 Å². The second-order valence-electron chi connectivity index (χ2n) is 8.59. The Labute approximate surface area is 173 Å². The first kappa shape index (κ1) is 25.0. The minimum Gasteiger partial charge on any atom is -0.465 e. The van der Waals surface area contributed by atoms with E-state index in [4.69, 9.17) is 9.47 Å². The molecular weight excluding hydrogens is 352 g/mol. The molecule has 0 aromatic heterocycles. The van der Waals surface area contributed by atoms with Crippen molar-refractivity contribution in [3.63, 3.8) is 0 Å². The van der Waals surface area contributed by atoms with Crippen molar-refractivity contribution in [1.82, 2.24) is 0 Å². The van der Waals surface area contributed by atoms with E-state index in [1.165, 1.54) is 12.8 Å². The molecule has 0 heterocycles. The minimum absolute atomic E-state index is 0.186. The molecule has 0 aromatic rings. The number of carbonyl (C=O) groups excluding carboxylic acids is 2. The van der Waals surface area contributed by atoms with E-state index in [2.05, 4.69) is 27.7 Å². The summed E-state index contributed by atoms with van der Waals surface area (Å²) in [4.78, 5) is 25.4. The number of ether oxygens (including phenoxy) is 2. The summed E-state index contributed by atoms with van der Waals surface area (Å²) < 4.78 is 11.3. The van der Waals surface area contributed by atoms with E-state index < -0.39 is 0 Å². The van der Waals surface area contributed by atoms with Gasteiger partial charge in [-0.05, 0) is 37.5 Å². The zero-order chi connectivity index (χ0) is 20.8. The van der Waals surface area contributed by atoms with Crippen molar-refractivity contribution in [3.05, 3.63) is 0 Å². The van der Waals surface area contributed by atoms with Crippen LogP contribution in [0.15, 0.2) is 0 Å². The number of hydrogen-bond donors (Lipinski definition) is 0. The maximum absolute atomic E-state index is 12.7. The van der Waals surface area contributed by atoms with Gasteiger partial charge in [0.1, 0.15) is 0 Å². The summed E-state index contributed by atoms with van der Waals surface area (Å²) in [5.41, 5.74) is 0. The van der Waals surface area contributed by atoms with Gasteiger partial charge >= 0.3 is 11.9 Å². The summed E-state index contributed by atoms with van der Waals surface area (Å²) in [6.45, 7) is 9.64. The van der Waals surface area contributed by atoms with Crippen LogP contribution >= 0.6 is 0 Å². The predicted octanol–water partition coefficient (Wildman–Crippen LogP) is 6.31.